The predicted molar refractivity (Wildman–Crippen MR) is 42.4 cm³/mol. The van der Waals surface area contributed by atoms with Gasteiger partial charge >= 0.3 is 0 Å². The zero-order chi connectivity index (χ0) is 8.91. The Balaban J connectivity index is 4.13. The Labute approximate surface area is 66.3 Å². The maximum Gasteiger partial charge on any atom is 0.256 e. The van der Waals surface area contributed by atoms with Crippen molar-refractivity contribution in [2.75, 3.05) is 5.75 Å². The highest BCUT2D eigenvalue weighted by Gasteiger charge is 2.09. The molecular weight excluding hydrogens is 166 g/mol. The smallest absolute Gasteiger partial charge is 0.256 e. The molecule has 0 rings (SSSR count). The van der Waals surface area contributed by atoms with Crippen LogP contribution in [0.5, 0.6) is 0 Å². The molecule has 4 nitrogen and oxygen atoms in total. The minimum absolute atomic E-state index is 0.0351. The third-order valence-corrected chi connectivity index (χ3v) is 2.37. The fourth-order valence-electron chi connectivity index (χ4n) is 0.515. The minimum atomic E-state index is -3.41. The lowest BCUT2D eigenvalue weighted by Gasteiger charge is -2.00. The molecule has 0 spiro atoms. The third-order valence-electron chi connectivity index (χ3n) is 0.914. The van der Waals surface area contributed by atoms with Crippen molar-refractivity contribution < 1.29 is 13.2 Å². The SMILES string of the molecule is C=CC(=O)NS(=O)(=O)CCC. The molecule has 0 saturated carbocycles. The Morgan fingerprint density at radius 1 is 1.64 bits per heavy atom. The van der Waals surface area contributed by atoms with Crippen LogP contribution in [0.3, 0.4) is 0 Å². The summed E-state index contributed by atoms with van der Waals surface area (Å²) < 4.78 is 23.5. The van der Waals surface area contributed by atoms with Crippen molar-refractivity contribution in [3.8, 4) is 0 Å². The zero-order valence-electron chi connectivity index (χ0n) is 6.33. The quantitative estimate of drug-likeness (QED) is 0.616. The molecule has 0 atom stereocenters. The second-order valence-corrected chi connectivity index (χ2v) is 3.83. The van der Waals surface area contributed by atoms with Gasteiger partial charge in [-0.05, 0) is 12.5 Å². The number of rotatable bonds is 4. The van der Waals surface area contributed by atoms with Crippen LogP contribution in [0.2, 0.25) is 0 Å². The Morgan fingerprint density at radius 3 is 2.55 bits per heavy atom. The number of nitrogens with one attached hydrogen (secondary N) is 1. The van der Waals surface area contributed by atoms with Gasteiger partial charge in [0.15, 0.2) is 0 Å². The summed E-state index contributed by atoms with van der Waals surface area (Å²) >= 11 is 0. The van der Waals surface area contributed by atoms with Gasteiger partial charge in [0.2, 0.25) is 10.0 Å². The standard InChI is InChI=1S/C6H11NO3S/c1-3-5-11(9,10)7-6(8)4-2/h4H,2-3,5H2,1H3,(H,7,8). The van der Waals surface area contributed by atoms with Crippen molar-refractivity contribution in [3.05, 3.63) is 12.7 Å². The van der Waals surface area contributed by atoms with Gasteiger partial charge in [-0.15, -0.1) is 0 Å². The Kier molecular flexibility index (Phi) is 3.81. The second kappa shape index (κ2) is 4.12. The molecule has 5 heteroatoms. The van der Waals surface area contributed by atoms with Crippen LogP contribution in [0.15, 0.2) is 12.7 Å². The number of sulfonamides is 1. The van der Waals surface area contributed by atoms with Crippen LogP contribution in [0.4, 0.5) is 0 Å². The Morgan fingerprint density at radius 2 is 2.18 bits per heavy atom. The zero-order valence-corrected chi connectivity index (χ0v) is 7.15. The van der Waals surface area contributed by atoms with Crippen LogP contribution in [0.1, 0.15) is 13.3 Å². The molecule has 0 aliphatic carbocycles. The van der Waals surface area contributed by atoms with E-state index in [1.165, 1.54) is 0 Å². The van der Waals surface area contributed by atoms with Crippen molar-refractivity contribution in [1.82, 2.24) is 4.72 Å². The molecule has 0 unspecified atom stereocenters. The van der Waals surface area contributed by atoms with Gasteiger partial charge in [-0.3, -0.25) is 4.79 Å². The molecule has 0 radical (unpaired) electrons. The monoisotopic (exact) mass is 177 g/mol. The molecule has 0 aromatic carbocycles. The highest BCUT2D eigenvalue weighted by molar-refractivity contribution is 7.90. The van der Waals surface area contributed by atoms with E-state index in [9.17, 15) is 13.2 Å². The number of hydrogen-bond donors (Lipinski definition) is 1. The van der Waals surface area contributed by atoms with E-state index in [0.717, 1.165) is 6.08 Å². The fraction of sp³-hybridized carbons (Fsp3) is 0.500. The third kappa shape index (κ3) is 4.55. The van der Waals surface area contributed by atoms with E-state index in [4.69, 9.17) is 0 Å². The van der Waals surface area contributed by atoms with Crippen molar-refractivity contribution >= 4 is 15.9 Å². The summed E-state index contributed by atoms with van der Waals surface area (Å²) in [6, 6.07) is 0. The molecule has 1 amide bonds. The van der Waals surface area contributed by atoms with Gasteiger partial charge in [-0.1, -0.05) is 13.5 Å². The average molecular weight is 177 g/mol. The topological polar surface area (TPSA) is 63.2 Å². The van der Waals surface area contributed by atoms with Gasteiger partial charge < -0.3 is 0 Å². The highest BCUT2D eigenvalue weighted by atomic mass is 32.2. The van der Waals surface area contributed by atoms with E-state index in [2.05, 4.69) is 6.58 Å². The molecule has 1 N–H and O–H groups in total. The maximum absolute atomic E-state index is 10.8. The van der Waals surface area contributed by atoms with Crippen LogP contribution in [0.25, 0.3) is 0 Å². The van der Waals surface area contributed by atoms with Crippen molar-refractivity contribution in [2.45, 2.75) is 13.3 Å². The Hall–Kier alpha value is -0.840. The number of carbonyl (C=O) groups excluding carboxylic acids is 1. The first-order chi connectivity index (χ1) is 5.02. The summed E-state index contributed by atoms with van der Waals surface area (Å²) in [5.41, 5.74) is 0. The number of hydrogen-bond acceptors (Lipinski definition) is 3. The minimum Gasteiger partial charge on any atom is -0.269 e. The number of carbonyl (C=O) groups is 1. The van der Waals surface area contributed by atoms with E-state index in [1.54, 1.807) is 6.92 Å². The maximum atomic E-state index is 10.8. The van der Waals surface area contributed by atoms with Crippen LogP contribution in [-0.2, 0) is 14.8 Å². The largest absolute Gasteiger partial charge is 0.269 e. The molecule has 0 aromatic heterocycles. The average Bonchev–Trinajstić information content (AvgIpc) is 1.86. The Bertz CT molecular complexity index is 243. The first-order valence-corrected chi connectivity index (χ1v) is 4.84. The van der Waals surface area contributed by atoms with Crippen molar-refractivity contribution in [2.24, 2.45) is 0 Å². The van der Waals surface area contributed by atoms with Crippen LogP contribution in [0, 0.1) is 0 Å². The van der Waals surface area contributed by atoms with Crippen molar-refractivity contribution in [3.63, 3.8) is 0 Å². The summed E-state index contributed by atoms with van der Waals surface area (Å²) in [4.78, 5) is 10.5. The summed E-state index contributed by atoms with van der Waals surface area (Å²) in [5, 5.41) is 0. The molecule has 0 aliphatic heterocycles. The van der Waals surface area contributed by atoms with E-state index in [-0.39, 0.29) is 5.75 Å². The molecule has 0 saturated heterocycles. The van der Waals surface area contributed by atoms with Gasteiger partial charge in [-0.2, -0.15) is 0 Å². The van der Waals surface area contributed by atoms with Gasteiger partial charge in [0.25, 0.3) is 5.91 Å². The molecule has 0 aliphatic rings. The highest BCUT2D eigenvalue weighted by Crippen LogP contribution is 1.87. The van der Waals surface area contributed by atoms with E-state index >= 15 is 0 Å². The first kappa shape index (κ1) is 10.2. The van der Waals surface area contributed by atoms with Crippen LogP contribution < -0.4 is 4.72 Å². The lowest BCUT2D eigenvalue weighted by Crippen LogP contribution is -2.30. The van der Waals surface area contributed by atoms with Gasteiger partial charge in [-0.25, -0.2) is 13.1 Å². The normalized spacial score (nSPS) is 10.6. The van der Waals surface area contributed by atoms with Crippen LogP contribution in [-0.4, -0.2) is 20.1 Å². The second-order valence-electron chi connectivity index (χ2n) is 1.99. The van der Waals surface area contributed by atoms with Gasteiger partial charge in [0.05, 0.1) is 5.75 Å². The van der Waals surface area contributed by atoms with E-state index in [1.807, 2.05) is 4.72 Å². The summed E-state index contributed by atoms with van der Waals surface area (Å²) in [6.45, 7) is 4.85. The lowest BCUT2D eigenvalue weighted by atomic mass is 10.6. The molecular formula is C6H11NO3S. The van der Waals surface area contributed by atoms with Crippen molar-refractivity contribution in [1.29, 1.82) is 0 Å². The summed E-state index contributed by atoms with van der Waals surface area (Å²) in [7, 11) is -3.41. The van der Waals surface area contributed by atoms with E-state index in [0.29, 0.717) is 6.42 Å². The van der Waals surface area contributed by atoms with Gasteiger partial charge in [0.1, 0.15) is 0 Å². The molecule has 0 bridgehead atoms. The lowest BCUT2D eigenvalue weighted by molar-refractivity contribution is -0.114. The fourth-order valence-corrected chi connectivity index (χ4v) is 1.54. The molecule has 64 valence electrons. The van der Waals surface area contributed by atoms with Crippen LogP contribution >= 0.6 is 0 Å². The molecule has 11 heavy (non-hydrogen) atoms. The predicted octanol–water partition coefficient (Wildman–Crippen LogP) is 0.0284. The summed E-state index contributed by atoms with van der Waals surface area (Å²) in [6.07, 6.45) is 1.41. The molecule has 0 heterocycles. The molecule has 0 aromatic rings. The number of amides is 1. The summed E-state index contributed by atoms with van der Waals surface area (Å²) in [5.74, 6) is -0.717. The molecule has 0 fully saturated rings. The van der Waals surface area contributed by atoms with E-state index < -0.39 is 15.9 Å². The van der Waals surface area contributed by atoms with Gasteiger partial charge in [0, 0.05) is 0 Å². The first-order valence-electron chi connectivity index (χ1n) is 3.18.